The molecule has 0 bridgehead atoms. The number of amides is 2. The summed E-state index contributed by atoms with van der Waals surface area (Å²) in [7, 11) is 4.07. The Bertz CT molecular complexity index is 528. The molecule has 0 unspecified atom stereocenters. The molecule has 1 aromatic carbocycles. The van der Waals surface area contributed by atoms with Crippen LogP contribution in [-0.4, -0.2) is 42.8 Å². The van der Waals surface area contributed by atoms with Crippen molar-refractivity contribution in [3.63, 3.8) is 0 Å². The van der Waals surface area contributed by atoms with Crippen LogP contribution in [0.3, 0.4) is 0 Å². The monoisotopic (exact) mass is 303 g/mol. The average Bonchev–Trinajstić information content (AvgIpc) is 2.92. The van der Waals surface area contributed by atoms with E-state index in [0.29, 0.717) is 6.54 Å². The number of urea groups is 1. The van der Waals surface area contributed by atoms with Crippen LogP contribution in [-0.2, 0) is 13.1 Å². The molecule has 5 nitrogen and oxygen atoms in total. The first-order chi connectivity index (χ1) is 10.6. The number of aliphatic hydroxyl groups is 1. The molecular formula is C17H25N3O2. The zero-order chi connectivity index (χ0) is 15.9. The van der Waals surface area contributed by atoms with E-state index in [1.54, 1.807) is 0 Å². The van der Waals surface area contributed by atoms with Gasteiger partial charge in [-0.15, -0.1) is 0 Å². The Balaban J connectivity index is 1.78. The second kappa shape index (κ2) is 7.96. The highest BCUT2D eigenvalue weighted by molar-refractivity contribution is 5.74. The standard InChI is InChI=1S/C17H25N3O2/c1-20(2)11-14-5-3-4-13(8-14)10-18-17(22)19-16-7-6-15(9-16)12-21/h3-8,15-16,21H,9-12H2,1-2H3,(H2,18,19,22)/t15-,16+/m0/s1. The van der Waals surface area contributed by atoms with E-state index in [-0.39, 0.29) is 24.6 Å². The van der Waals surface area contributed by atoms with Crippen LogP contribution in [0.2, 0.25) is 0 Å². The summed E-state index contributed by atoms with van der Waals surface area (Å²) in [6.45, 7) is 1.53. The van der Waals surface area contributed by atoms with Gasteiger partial charge in [0.2, 0.25) is 0 Å². The van der Waals surface area contributed by atoms with Gasteiger partial charge in [-0.2, -0.15) is 0 Å². The SMILES string of the molecule is CN(C)Cc1cccc(CNC(=O)N[C@@H]2C=C[C@H](CO)C2)c1. The lowest BCUT2D eigenvalue weighted by molar-refractivity contribution is 0.231. The van der Waals surface area contributed by atoms with Crippen LogP contribution < -0.4 is 10.6 Å². The van der Waals surface area contributed by atoms with Gasteiger partial charge in [0.05, 0.1) is 0 Å². The predicted molar refractivity (Wildman–Crippen MR) is 87.3 cm³/mol. The average molecular weight is 303 g/mol. The molecule has 1 aliphatic carbocycles. The van der Waals surface area contributed by atoms with Gasteiger partial charge in [0.25, 0.3) is 0 Å². The lowest BCUT2D eigenvalue weighted by atomic mass is 10.1. The fraction of sp³-hybridized carbons (Fsp3) is 0.471. The molecule has 0 spiro atoms. The minimum Gasteiger partial charge on any atom is -0.396 e. The van der Waals surface area contributed by atoms with Crippen LogP contribution in [0.4, 0.5) is 4.79 Å². The smallest absolute Gasteiger partial charge is 0.315 e. The molecule has 3 N–H and O–H groups in total. The number of nitrogens with zero attached hydrogens (tertiary/aromatic N) is 1. The Hall–Kier alpha value is -1.85. The second-order valence-corrected chi connectivity index (χ2v) is 6.05. The third kappa shape index (κ3) is 5.16. The van der Waals surface area contributed by atoms with E-state index in [9.17, 15) is 4.79 Å². The Morgan fingerprint density at radius 1 is 1.32 bits per heavy atom. The van der Waals surface area contributed by atoms with Gasteiger partial charge >= 0.3 is 6.03 Å². The van der Waals surface area contributed by atoms with Gasteiger partial charge in [0, 0.05) is 31.7 Å². The number of hydrogen-bond donors (Lipinski definition) is 3. The van der Waals surface area contributed by atoms with Crippen molar-refractivity contribution in [3.05, 3.63) is 47.5 Å². The second-order valence-electron chi connectivity index (χ2n) is 6.05. The van der Waals surface area contributed by atoms with Crippen LogP contribution in [0.1, 0.15) is 17.5 Å². The summed E-state index contributed by atoms with van der Waals surface area (Å²) < 4.78 is 0. The van der Waals surface area contributed by atoms with Crippen molar-refractivity contribution >= 4 is 6.03 Å². The minimum atomic E-state index is -0.175. The van der Waals surface area contributed by atoms with E-state index in [2.05, 4.69) is 27.7 Å². The lowest BCUT2D eigenvalue weighted by Crippen LogP contribution is -2.40. The van der Waals surface area contributed by atoms with E-state index >= 15 is 0 Å². The van der Waals surface area contributed by atoms with Crippen LogP contribution in [0, 0.1) is 5.92 Å². The molecule has 0 saturated heterocycles. The summed E-state index contributed by atoms with van der Waals surface area (Å²) >= 11 is 0. The summed E-state index contributed by atoms with van der Waals surface area (Å²) in [4.78, 5) is 14.0. The number of benzene rings is 1. The Morgan fingerprint density at radius 3 is 2.77 bits per heavy atom. The maximum Gasteiger partial charge on any atom is 0.315 e. The van der Waals surface area contributed by atoms with Crippen LogP contribution in [0.15, 0.2) is 36.4 Å². The van der Waals surface area contributed by atoms with E-state index < -0.39 is 0 Å². The molecule has 120 valence electrons. The first kappa shape index (κ1) is 16.5. The molecule has 0 saturated carbocycles. The Labute approximate surface area is 132 Å². The van der Waals surface area contributed by atoms with Gasteiger partial charge in [0.15, 0.2) is 0 Å². The number of hydrogen-bond acceptors (Lipinski definition) is 3. The molecule has 22 heavy (non-hydrogen) atoms. The zero-order valence-corrected chi connectivity index (χ0v) is 13.2. The molecular weight excluding hydrogens is 278 g/mol. The van der Waals surface area contributed by atoms with E-state index in [1.165, 1.54) is 5.56 Å². The van der Waals surface area contributed by atoms with Gasteiger partial charge in [-0.1, -0.05) is 36.4 Å². The van der Waals surface area contributed by atoms with Crippen molar-refractivity contribution in [1.82, 2.24) is 15.5 Å². The minimum absolute atomic E-state index is 0.0113. The summed E-state index contributed by atoms with van der Waals surface area (Å²) in [6.07, 6.45) is 4.66. The van der Waals surface area contributed by atoms with Crippen molar-refractivity contribution in [1.29, 1.82) is 0 Å². The topological polar surface area (TPSA) is 64.6 Å². The molecule has 0 aliphatic heterocycles. The summed E-state index contributed by atoms with van der Waals surface area (Å²) in [6, 6.07) is 8.05. The molecule has 2 rings (SSSR count). The molecule has 0 radical (unpaired) electrons. The van der Waals surface area contributed by atoms with Crippen molar-refractivity contribution in [2.45, 2.75) is 25.6 Å². The van der Waals surface area contributed by atoms with Gasteiger partial charge in [0.1, 0.15) is 0 Å². The third-order valence-electron chi connectivity index (χ3n) is 3.67. The van der Waals surface area contributed by atoms with Gasteiger partial charge in [-0.3, -0.25) is 0 Å². The molecule has 0 aromatic heterocycles. The van der Waals surface area contributed by atoms with Crippen molar-refractivity contribution < 1.29 is 9.90 Å². The normalized spacial score (nSPS) is 20.4. The highest BCUT2D eigenvalue weighted by Crippen LogP contribution is 2.16. The Morgan fingerprint density at radius 2 is 2.09 bits per heavy atom. The first-order valence-electron chi connectivity index (χ1n) is 7.63. The number of carbonyl (C=O) groups excluding carboxylic acids is 1. The number of rotatable bonds is 6. The molecule has 2 atom stereocenters. The molecule has 1 aliphatic rings. The summed E-state index contributed by atoms with van der Waals surface area (Å²) in [5, 5.41) is 14.9. The maximum atomic E-state index is 11.9. The molecule has 0 heterocycles. The maximum absolute atomic E-state index is 11.9. The third-order valence-corrected chi connectivity index (χ3v) is 3.67. The van der Waals surface area contributed by atoms with E-state index in [4.69, 9.17) is 5.11 Å². The number of aliphatic hydroxyl groups excluding tert-OH is 1. The molecule has 0 fully saturated rings. The van der Waals surface area contributed by atoms with Gasteiger partial charge < -0.3 is 20.6 Å². The van der Waals surface area contributed by atoms with E-state index in [1.807, 2.05) is 38.4 Å². The Kier molecular flexibility index (Phi) is 5.98. The molecule has 5 heteroatoms. The first-order valence-corrected chi connectivity index (χ1v) is 7.63. The van der Waals surface area contributed by atoms with E-state index in [0.717, 1.165) is 18.5 Å². The summed E-state index contributed by atoms with van der Waals surface area (Å²) in [5.41, 5.74) is 2.32. The highest BCUT2D eigenvalue weighted by atomic mass is 16.3. The lowest BCUT2D eigenvalue weighted by Gasteiger charge is -2.14. The molecule has 2 amide bonds. The van der Waals surface area contributed by atoms with Crippen LogP contribution in [0.5, 0.6) is 0 Å². The summed E-state index contributed by atoms with van der Waals surface area (Å²) in [5.74, 6) is 0.160. The van der Waals surface area contributed by atoms with Gasteiger partial charge in [-0.25, -0.2) is 4.79 Å². The van der Waals surface area contributed by atoms with Crippen LogP contribution in [0.25, 0.3) is 0 Å². The quantitative estimate of drug-likeness (QED) is 0.698. The predicted octanol–water partition coefficient (Wildman–Crippen LogP) is 1.48. The van der Waals surface area contributed by atoms with Crippen molar-refractivity contribution in [3.8, 4) is 0 Å². The number of carbonyl (C=O) groups is 1. The fourth-order valence-electron chi connectivity index (χ4n) is 2.62. The van der Waals surface area contributed by atoms with Crippen molar-refractivity contribution in [2.75, 3.05) is 20.7 Å². The largest absolute Gasteiger partial charge is 0.396 e. The zero-order valence-electron chi connectivity index (χ0n) is 13.2. The van der Waals surface area contributed by atoms with Crippen molar-refractivity contribution in [2.24, 2.45) is 5.92 Å². The number of nitrogens with one attached hydrogen (secondary N) is 2. The highest BCUT2D eigenvalue weighted by Gasteiger charge is 2.19. The fourth-order valence-corrected chi connectivity index (χ4v) is 2.62. The van der Waals surface area contributed by atoms with Gasteiger partial charge in [-0.05, 0) is 31.6 Å². The molecule has 1 aromatic rings. The van der Waals surface area contributed by atoms with Crippen LogP contribution >= 0.6 is 0 Å².